The van der Waals surface area contributed by atoms with E-state index in [1.54, 1.807) is 0 Å². The van der Waals surface area contributed by atoms with Gasteiger partial charge in [-0.1, -0.05) is 106 Å². The van der Waals surface area contributed by atoms with Crippen LogP contribution in [0.15, 0.2) is 0 Å². The second-order valence-electron chi connectivity index (χ2n) is 5.71. The highest BCUT2D eigenvalue weighted by Crippen LogP contribution is 2.25. The zero-order chi connectivity index (χ0) is 14.2. The summed E-state index contributed by atoms with van der Waals surface area (Å²) in [7, 11) is 0. The molecule has 0 unspecified atom stereocenters. The van der Waals surface area contributed by atoms with Gasteiger partial charge in [-0.3, -0.25) is 0 Å². The van der Waals surface area contributed by atoms with Gasteiger partial charge in [-0.2, -0.15) is 0 Å². The maximum Gasteiger partial charge on any atom is 0 e. The van der Waals surface area contributed by atoms with Crippen molar-refractivity contribution >= 4 is 8.41 Å². The van der Waals surface area contributed by atoms with E-state index in [4.69, 9.17) is 0 Å². The highest BCUT2D eigenvalue weighted by atomic mass is 14.2. The summed E-state index contributed by atoms with van der Waals surface area (Å²) in [6, 6.07) is 0. The van der Waals surface area contributed by atoms with Crippen molar-refractivity contribution in [1.29, 1.82) is 0 Å². The van der Waals surface area contributed by atoms with Crippen LogP contribution in [0.5, 0.6) is 0 Å². The summed E-state index contributed by atoms with van der Waals surface area (Å²) in [5.41, 5.74) is 0. The van der Waals surface area contributed by atoms with Gasteiger partial charge in [0.25, 0.3) is 0 Å². The van der Waals surface area contributed by atoms with E-state index in [1.807, 2.05) is 0 Å². The van der Waals surface area contributed by atoms with Crippen molar-refractivity contribution in [3.63, 3.8) is 0 Å². The van der Waals surface area contributed by atoms with Crippen molar-refractivity contribution < 1.29 is 0 Å². The van der Waals surface area contributed by atoms with E-state index in [0.717, 1.165) is 11.8 Å². The second kappa shape index (κ2) is 20.4. The molecule has 1 fully saturated rings. The van der Waals surface area contributed by atoms with Crippen LogP contribution in [-0.2, 0) is 0 Å². The molecule has 0 aromatic heterocycles. The Kier molecular flexibility index (Phi) is 25.9. The molecule has 1 rings (SSSR count). The van der Waals surface area contributed by atoms with Gasteiger partial charge in [0.15, 0.2) is 0 Å². The lowest BCUT2D eigenvalue weighted by atomic mass is 9.88. The summed E-state index contributed by atoms with van der Waals surface area (Å²) < 4.78 is 0. The van der Waals surface area contributed by atoms with Gasteiger partial charge in [-0.15, -0.1) is 0 Å². The maximum atomic E-state index is 2.32. The maximum absolute atomic E-state index is 2.32. The van der Waals surface area contributed by atoms with Gasteiger partial charge < -0.3 is 0 Å². The fourth-order valence-corrected chi connectivity index (χ4v) is 2.46. The van der Waals surface area contributed by atoms with E-state index in [1.165, 1.54) is 64.2 Å². The van der Waals surface area contributed by atoms with E-state index in [-0.39, 0.29) is 8.41 Å². The zero-order valence-corrected chi connectivity index (χ0v) is 14.8. The van der Waals surface area contributed by atoms with E-state index in [2.05, 4.69) is 41.5 Å². The van der Waals surface area contributed by atoms with Crippen molar-refractivity contribution in [3.8, 4) is 0 Å². The largest absolute Gasteiger partial charge is 0.0656 e. The molecule has 0 aromatic carbocycles. The highest BCUT2D eigenvalue weighted by Gasteiger charge is 2.09. The van der Waals surface area contributed by atoms with Gasteiger partial charge in [0.1, 0.15) is 0 Å². The third-order valence-electron chi connectivity index (χ3n) is 4.03. The molecule has 0 nitrogen and oxygen atoms in total. The molecule has 19 heavy (non-hydrogen) atoms. The molecule has 0 aromatic rings. The molecule has 0 amide bonds. The lowest BCUT2D eigenvalue weighted by molar-refractivity contribution is 0.349. The minimum Gasteiger partial charge on any atom is -0.0656 e. The molecule has 1 aliphatic rings. The first-order valence-corrected chi connectivity index (χ1v) is 8.69. The average Bonchev–Trinajstić information content (AvgIpc) is 2.43. The Morgan fingerprint density at radius 3 is 1.26 bits per heavy atom. The van der Waals surface area contributed by atoms with Gasteiger partial charge >= 0.3 is 0 Å². The first kappa shape index (κ1) is 24.1. The van der Waals surface area contributed by atoms with E-state index in [9.17, 15) is 0 Å². The number of rotatable bonds is 4. The SMILES string of the molecule is CCC.CCC(CC)CC.CCC1CCCCC1.[B]. The molecule has 0 heterocycles. The van der Waals surface area contributed by atoms with Gasteiger partial charge in [-0.05, 0) is 11.8 Å². The molecule has 3 radical (unpaired) electrons. The van der Waals surface area contributed by atoms with Gasteiger partial charge in [-0.25, -0.2) is 0 Å². The van der Waals surface area contributed by atoms with Crippen LogP contribution in [0.1, 0.15) is 106 Å². The third-order valence-corrected chi connectivity index (χ3v) is 4.03. The van der Waals surface area contributed by atoms with Crippen molar-refractivity contribution in [2.24, 2.45) is 11.8 Å². The van der Waals surface area contributed by atoms with E-state index in [0.29, 0.717) is 0 Å². The number of hydrogen-bond donors (Lipinski definition) is 0. The van der Waals surface area contributed by atoms with Crippen LogP contribution in [0.25, 0.3) is 0 Å². The van der Waals surface area contributed by atoms with Gasteiger partial charge in [0.05, 0.1) is 0 Å². The van der Waals surface area contributed by atoms with Crippen LogP contribution in [0.4, 0.5) is 0 Å². The molecular formula is C18H40B. The van der Waals surface area contributed by atoms with Crippen LogP contribution in [-0.4, -0.2) is 8.41 Å². The molecule has 1 saturated carbocycles. The predicted molar refractivity (Wildman–Crippen MR) is 92.9 cm³/mol. The standard InChI is InChI=1S/C8H16.C7H16.C3H8.B/c1-2-8-6-4-3-5-7-8;1-4-7(5-2)6-3;1-3-2;/h8H,2-7H2,1H3;7H,4-6H2,1-3H3;3H2,1-2H3;. The van der Waals surface area contributed by atoms with Crippen LogP contribution >= 0.6 is 0 Å². The van der Waals surface area contributed by atoms with Crippen molar-refractivity contribution in [2.45, 2.75) is 106 Å². The summed E-state index contributed by atoms with van der Waals surface area (Å²) in [6.45, 7) is 13.4. The second-order valence-corrected chi connectivity index (χ2v) is 5.71. The fraction of sp³-hybridized carbons (Fsp3) is 1.00. The minimum absolute atomic E-state index is 0. The van der Waals surface area contributed by atoms with Crippen LogP contribution in [0, 0.1) is 11.8 Å². The van der Waals surface area contributed by atoms with Crippen molar-refractivity contribution in [3.05, 3.63) is 0 Å². The summed E-state index contributed by atoms with van der Waals surface area (Å²) in [5.74, 6) is 2.07. The lowest BCUT2D eigenvalue weighted by Crippen LogP contribution is -2.03. The molecule has 1 heteroatoms. The Morgan fingerprint density at radius 1 is 0.737 bits per heavy atom. The Bertz CT molecular complexity index is 118. The Labute approximate surface area is 126 Å². The smallest absolute Gasteiger partial charge is 0 e. The van der Waals surface area contributed by atoms with E-state index >= 15 is 0 Å². The van der Waals surface area contributed by atoms with Crippen LogP contribution in [0.2, 0.25) is 0 Å². The fourth-order valence-electron chi connectivity index (χ4n) is 2.46. The quantitative estimate of drug-likeness (QED) is 0.489. The Morgan fingerprint density at radius 2 is 1.11 bits per heavy atom. The third kappa shape index (κ3) is 18.1. The zero-order valence-electron chi connectivity index (χ0n) is 14.8. The Hall–Kier alpha value is 0.0649. The molecule has 0 aliphatic heterocycles. The first-order valence-electron chi connectivity index (χ1n) is 8.69. The first-order chi connectivity index (χ1) is 8.69. The Balaban J connectivity index is -0.000000216. The molecule has 0 N–H and O–H groups in total. The summed E-state index contributed by atoms with van der Waals surface area (Å²) in [6.07, 6.45) is 14.2. The molecule has 0 atom stereocenters. The molecule has 1 aliphatic carbocycles. The normalized spacial score (nSPS) is 14.7. The minimum atomic E-state index is 0. The summed E-state index contributed by atoms with van der Waals surface area (Å²) in [4.78, 5) is 0. The molecular weight excluding hydrogens is 227 g/mol. The van der Waals surface area contributed by atoms with Crippen molar-refractivity contribution in [2.75, 3.05) is 0 Å². The monoisotopic (exact) mass is 267 g/mol. The van der Waals surface area contributed by atoms with Gasteiger partial charge in [0, 0.05) is 8.41 Å². The van der Waals surface area contributed by atoms with Crippen LogP contribution in [0.3, 0.4) is 0 Å². The topological polar surface area (TPSA) is 0 Å². The molecule has 115 valence electrons. The van der Waals surface area contributed by atoms with Crippen molar-refractivity contribution in [1.82, 2.24) is 0 Å². The predicted octanol–water partition coefficient (Wildman–Crippen LogP) is 6.84. The van der Waals surface area contributed by atoms with E-state index < -0.39 is 0 Å². The molecule has 0 saturated heterocycles. The summed E-state index contributed by atoms with van der Waals surface area (Å²) in [5, 5.41) is 0. The molecule has 0 bridgehead atoms. The van der Waals surface area contributed by atoms with Crippen LogP contribution < -0.4 is 0 Å². The summed E-state index contributed by atoms with van der Waals surface area (Å²) >= 11 is 0. The lowest BCUT2D eigenvalue weighted by Gasteiger charge is -2.18. The highest BCUT2D eigenvalue weighted by molar-refractivity contribution is 5.75. The number of hydrogen-bond acceptors (Lipinski definition) is 0. The average molecular weight is 267 g/mol. The van der Waals surface area contributed by atoms with Gasteiger partial charge in [0.2, 0.25) is 0 Å². The molecule has 0 spiro atoms.